The van der Waals surface area contributed by atoms with Gasteiger partial charge in [0.2, 0.25) is 0 Å². The van der Waals surface area contributed by atoms with E-state index in [4.69, 9.17) is 23.7 Å². The average Bonchev–Trinajstić information content (AvgIpc) is 3.42. The lowest BCUT2D eigenvalue weighted by Crippen LogP contribution is -2.61. The molecule has 0 saturated carbocycles. The summed E-state index contributed by atoms with van der Waals surface area (Å²) < 4.78 is 28.4. The number of ether oxygens (including phenoxy) is 5. The number of carboxylic acid groups (broad SMARTS) is 1. The van der Waals surface area contributed by atoms with Crippen LogP contribution in [0, 0.1) is 0 Å². The van der Waals surface area contributed by atoms with Crippen LogP contribution >= 0.6 is 0 Å². The van der Waals surface area contributed by atoms with E-state index in [0.29, 0.717) is 25.7 Å². The van der Waals surface area contributed by atoms with Crippen LogP contribution in [-0.2, 0) is 42.9 Å². The molecule has 0 aromatic carbocycles. The lowest BCUT2D eigenvalue weighted by atomic mass is 9.98. The van der Waals surface area contributed by atoms with Gasteiger partial charge in [-0.2, -0.15) is 0 Å². The Hall–Kier alpha value is -3.84. The van der Waals surface area contributed by atoms with Gasteiger partial charge in [0.05, 0.1) is 6.61 Å². The van der Waals surface area contributed by atoms with E-state index in [1.807, 2.05) is 12.2 Å². The highest BCUT2D eigenvalue weighted by Crippen LogP contribution is 2.26. The quantitative estimate of drug-likeness (QED) is 0.0228. The normalized spacial score (nSPS) is 18.5. The zero-order valence-electron chi connectivity index (χ0n) is 48.7. The van der Waals surface area contributed by atoms with E-state index in [1.54, 1.807) is 0 Å². The highest BCUT2D eigenvalue weighted by atomic mass is 16.7. The highest BCUT2D eigenvalue weighted by molar-refractivity contribution is 5.74. The summed E-state index contributed by atoms with van der Waals surface area (Å²) in [5.41, 5.74) is 0. The number of carbonyl (C=O) groups excluding carboxylic acids is 3. The number of hydrogen-bond acceptors (Lipinski definition) is 11. The number of carbonyl (C=O) groups is 4. The van der Waals surface area contributed by atoms with Gasteiger partial charge >= 0.3 is 23.9 Å². The van der Waals surface area contributed by atoms with Crippen LogP contribution in [-0.4, -0.2) is 89.2 Å². The smallest absolute Gasteiger partial charge is 0.335 e. The van der Waals surface area contributed by atoms with Gasteiger partial charge in [-0.3, -0.25) is 14.4 Å². The molecule has 1 aliphatic rings. The predicted molar refractivity (Wildman–Crippen MR) is 312 cm³/mol. The third-order valence-electron chi connectivity index (χ3n) is 13.8. The first kappa shape index (κ1) is 71.2. The Kier molecular flexibility index (Phi) is 48.8. The molecule has 1 saturated heterocycles. The topological polar surface area (TPSA) is 175 Å². The van der Waals surface area contributed by atoms with Gasteiger partial charge in [0.25, 0.3) is 0 Å². The first-order chi connectivity index (χ1) is 37.6. The highest BCUT2D eigenvalue weighted by Gasteiger charge is 2.50. The van der Waals surface area contributed by atoms with Crippen molar-refractivity contribution in [1.82, 2.24) is 0 Å². The van der Waals surface area contributed by atoms with Crippen LogP contribution in [0.1, 0.15) is 265 Å². The molecule has 77 heavy (non-hydrogen) atoms. The van der Waals surface area contributed by atoms with Gasteiger partial charge in [0, 0.05) is 19.3 Å². The molecule has 1 heterocycles. The van der Waals surface area contributed by atoms with E-state index in [9.17, 15) is 34.5 Å². The molecule has 0 radical (unpaired) electrons. The summed E-state index contributed by atoms with van der Waals surface area (Å²) in [5.74, 6) is -3.24. The summed E-state index contributed by atoms with van der Waals surface area (Å²) in [5, 5.41) is 31.5. The number of aliphatic hydroxyl groups is 2. The maximum absolute atomic E-state index is 13.1. The molecule has 6 atom stereocenters. The summed E-state index contributed by atoms with van der Waals surface area (Å²) >= 11 is 0. The van der Waals surface area contributed by atoms with Crippen molar-refractivity contribution in [3.8, 4) is 0 Å². The third kappa shape index (κ3) is 42.7. The molecule has 0 aromatic rings. The summed E-state index contributed by atoms with van der Waals surface area (Å²) in [7, 11) is 0. The van der Waals surface area contributed by atoms with Gasteiger partial charge in [-0.1, -0.05) is 222 Å². The molecule has 0 aromatic heterocycles. The molecule has 1 fully saturated rings. The van der Waals surface area contributed by atoms with Crippen molar-refractivity contribution in [1.29, 1.82) is 0 Å². The first-order valence-corrected chi connectivity index (χ1v) is 30.9. The monoisotopic (exact) mass is 1080 g/mol. The molecular formula is C65H110O12. The fraction of sp³-hybridized carbons (Fsp3) is 0.754. The minimum absolute atomic E-state index is 0.0389. The molecular weight excluding hydrogens is 973 g/mol. The van der Waals surface area contributed by atoms with Gasteiger partial charge in [-0.15, -0.1) is 0 Å². The van der Waals surface area contributed by atoms with Crippen LogP contribution in [0.4, 0.5) is 0 Å². The molecule has 1 rings (SSSR count). The van der Waals surface area contributed by atoms with Crippen molar-refractivity contribution in [2.45, 2.75) is 302 Å². The number of aliphatic carboxylic acids is 1. The second kappa shape index (κ2) is 52.8. The number of unbranched alkanes of at least 4 members (excludes halogenated alkanes) is 26. The SMILES string of the molecule is CC/C=C\C/C=C\C/C=C\C/C=C\CCC(=O)OC(COC(=O)CCCCCCC/C=C\CCCCCCCC)COC1OC(C(=O)O)C(O)C(O)C1OC(=O)CCCCCCCCCCC/C=C\CCCCCCCC. The number of esters is 3. The van der Waals surface area contributed by atoms with E-state index in [1.165, 1.54) is 109 Å². The fourth-order valence-corrected chi connectivity index (χ4v) is 9.02. The van der Waals surface area contributed by atoms with Crippen molar-refractivity contribution in [2.24, 2.45) is 0 Å². The fourth-order valence-electron chi connectivity index (χ4n) is 9.02. The van der Waals surface area contributed by atoms with Crippen LogP contribution in [0.25, 0.3) is 0 Å². The maximum atomic E-state index is 13.1. The zero-order valence-corrected chi connectivity index (χ0v) is 48.7. The summed E-state index contributed by atoms with van der Waals surface area (Å²) in [6.45, 7) is 5.81. The van der Waals surface area contributed by atoms with Crippen molar-refractivity contribution in [3.05, 3.63) is 72.9 Å². The lowest BCUT2D eigenvalue weighted by molar-refractivity contribution is -0.301. The summed E-state index contributed by atoms with van der Waals surface area (Å²) in [4.78, 5) is 51.1. The lowest BCUT2D eigenvalue weighted by Gasteiger charge is -2.40. The Bertz CT molecular complexity index is 1620. The van der Waals surface area contributed by atoms with E-state index >= 15 is 0 Å². The van der Waals surface area contributed by atoms with Gasteiger partial charge < -0.3 is 39.0 Å². The van der Waals surface area contributed by atoms with Gasteiger partial charge in [0.15, 0.2) is 24.6 Å². The molecule has 6 unspecified atom stereocenters. The molecule has 3 N–H and O–H groups in total. The van der Waals surface area contributed by atoms with Gasteiger partial charge in [-0.25, -0.2) is 4.79 Å². The molecule has 12 nitrogen and oxygen atoms in total. The molecule has 12 heteroatoms. The summed E-state index contributed by atoms with van der Waals surface area (Å²) in [6, 6.07) is 0. The number of carboxylic acids is 1. The predicted octanol–water partition coefficient (Wildman–Crippen LogP) is 16.1. The van der Waals surface area contributed by atoms with Gasteiger partial charge in [0.1, 0.15) is 18.8 Å². The van der Waals surface area contributed by atoms with E-state index < -0.39 is 67.3 Å². The van der Waals surface area contributed by atoms with E-state index in [2.05, 4.69) is 81.5 Å². The Labute approximate surface area is 468 Å². The number of hydrogen-bond donors (Lipinski definition) is 3. The van der Waals surface area contributed by atoms with Crippen LogP contribution in [0.5, 0.6) is 0 Å². The number of allylic oxidation sites excluding steroid dienone is 12. The zero-order chi connectivity index (χ0) is 56.1. The average molecular weight is 1080 g/mol. The van der Waals surface area contributed by atoms with Crippen molar-refractivity contribution in [3.63, 3.8) is 0 Å². The molecule has 0 aliphatic carbocycles. The van der Waals surface area contributed by atoms with E-state index in [0.717, 1.165) is 89.9 Å². The molecule has 1 aliphatic heterocycles. The molecule has 0 bridgehead atoms. The minimum Gasteiger partial charge on any atom is -0.479 e. The van der Waals surface area contributed by atoms with Crippen LogP contribution < -0.4 is 0 Å². The second-order valence-electron chi connectivity index (χ2n) is 20.9. The molecule has 0 amide bonds. The summed E-state index contributed by atoms with van der Waals surface area (Å²) in [6.07, 6.45) is 54.6. The second-order valence-corrected chi connectivity index (χ2v) is 20.9. The number of aliphatic hydroxyl groups excluding tert-OH is 2. The van der Waals surface area contributed by atoms with Crippen molar-refractivity contribution < 1.29 is 58.2 Å². The Morgan fingerprint density at radius 2 is 0.844 bits per heavy atom. The molecule has 0 spiro atoms. The van der Waals surface area contributed by atoms with Crippen molar-refractivity contribution >= 4 is 23.9 Å². The first-order valence-electron chi connectivity index (χ1n) is 30.9. The standard InChI is InChI=1S/C65H110O12/c1-4-7-10-13-16-19-22-25-27-28-29-30-32-35-38-41-44-47-50-53-59(68)76-63-61(70)60(69)62(64(71)72)77-65(63)74-55-56(75-58(67)52-49-46-43-40-37-33-24-21-18-15-12-9-6-3)54-73-57(66)51-48-45-42-39-36-34-31-26-23-20-17-14-11-8-5-2/h9,12,18,21,25-27,31,33,37,43,46,56,60-63,65,69-70H,4-8,10-11,13-17,19-20,22-24,28-30,32,34-36,38-42,44-45,47-55H2,1-3H3,(H,71,72)/b12-9-,21-18-,27-25-,31-26-,37-33-,46-43-. The van der Waals surface area contributed by atoms with E-state index in [-0.39, 0.29) is 25.9 Å². The minimum atomic E-state index is -1.92. The van der Waals surface area contributed by atoms with Crippen molar-refractivity contribution in [2.75, 3.05) is 13.2 Å². The Morgan fingerprint density at radius 1 is 0.442 bits per heavy atom. The van der Waals surface area contributed by atoms with Crippen LogP contribution in [0.15, 0.2) is 72.9 Å². The maximum Gasteiger partial charge on any atom is 0.335 e. The van der Waals surface area contributed by atoms with Crippen LogP contribution in [0.3, 0.4) is 0 Å². The third-order valence-corrected chi connectivity index (χ3v) is 13.8. The molecule has 442 valence electrons. The largest absolute Gasteiger partial charge is 0.479 e. The van der Waals surface area contributed by atoms with Gasteiger partial charge in [-0.05, 0) is 96.3 Å². The Morgan fingerprint density at radius 3 is 1.30 bits per heavy atom. The Balaban J connectivity index is 2.69. The number of rotatable bonds is 52. The van der Waals surface area contributed by atoms with Crippen LogP contribution in [0.2, 0.25) is 0 Å².